The standard InChI is InChI=1S/C8H18O2.2C6H8O7/c1-3-5-8(10)7(4-2)6-9;2*7-3(8)1-6(13,5(11)12)2-4(9)10/h7-10H,3-6H2,1-2H3;2*13H,1-2H2,(H,7,8)(H,9,10)(H,11,12). The first-order chi connectivity index (χ1) is 16.3. The molecule has 0 saturated heterocycles. The summed E-state index contributed by atoms with van der Waals surface area (Å²) in [5, 5.41) is 85.7. The molecule has 0 spiro atoms. The largest absolute Gasteiger partial charge is 0.481 e. The van der Waals surface area contributed by atoms with E-state index in [4.69, 9.17) is 46.0 Å². The lowest BCUT2D eigenvalue weighted by Gasteiger charge is -2.18. The summed E-state index contributed by atoms with van der Waals surface area (Å²) in [6.45, 7) is 4.13. The molecule has 0 amide bonds. The fourth-order valence-electron chi connectivity index (χ4n) is 2.48. The lowest BCUT2D eigenvalue weighted by atomic mass is 9.96. The maximum absolute atomic E-state index is 10.3. The number of aliphatic hydroxyl groups is 4. The van der Waals surface area contributed by atoms with Crippen LogP contribution in [0, 0.1) is 5.92 Å². The number of aliphatic carboxylic acids is 6. The molecule has 2 atom stereocenters. The van der Waals surface area contributed by atoms with Crippen LogP contribution in [0.15, 0.2) is 0 Å². The Bertz CT molecular complexity index is 658. The van der Waals surface area contributed by atoms with Gasteiger partial charge >= 0.3 is 35.8 Å². The second-order valence-corrected chi connectivity index (χ2v) is 7.66. The van der Waals surface area contributed by atoms with Crippen molar-refractivity contribution in [1.82, 2.24) is 0 Å². The van der Waals surface area contributed by atoms with Crippen LogP contribution in [0.5, 0.6) is 0 Å². The summed E-state index contributed by atoms with van der Waals surface area (Å²) in [6.07, 6.45) is -2.24. The Morgan fingerprint density at radius 3 is 1.06 bits per heavy atom. The van der Waals surface area contributed by atoms with Crippen molar-refractivity contribution in [2.75, 3.05) is 6.61 Å². The number of rotatable bonds is 15. The third-order valence-electron chi connectivity index (χ3n) is 4.46. The average molecular weight is 530 g/mol. The monoisotopic (exact) mass is 530 g/mol. The summed E-state index contributed by atoms with van der Waals surface area (Å²) in [5.74, 6) is -9.95. The van der Waals surface area contributed by atoms with Crippen molar-refractivity contribution in [3.8, 4) is 0 Å². The van der Waals surface area contributed by atoms with Crippen molar-refractivity contribution < 1.29 is 79.8 Å². The topological polar surface area (TPSA) is 305 Å². The molecule has 0 aromatic carbocycles. The molecule has 2 unspecified atom stereocenters. The van der Waals surface area contributed by atoms with Gasteiger partial charge in [-0.1, -0.05) is 20.3 Å². The maximum Gasteiger partial charge on any atom is 0.336 e. The maximum atomic E-state index is 10.3. The van der Waals surface area contributed by atoms with Gasteiger partial charge < -0.3 is 51.1 Å². The van der Waals surface area contributed by atoms with E-state index in [-0.39, 0.29) is 18.6 Å². The quantitative estimate of drug-likeness (QED) is 0.117. The van der Waals surface area contributed by atoms with E-state index in [1.54, 1.807) is 0 Å². The molecule has 0 bridgehead atoms. The molecule has 210 valence electrons. The Morgan fingerprint density at radius 2 is 0.917 bits per heavy atom. The molecule has 10 N–H and O–H groups in total. The SMILES string of the molecule is CCCC(O)C(CC)CO.O=C(O)CC(O)(CC(=O)O)C(=O)O.O=C(O)CC(O)(CC(=O)O)C(=O)O. The van der Waals surface area contributed by atoms with Crippen LogP contribution in [-0.4, -0.2) is 111 Å². The van der Waals surface area contributed by atoms with Crippen molar-refractivity contribution >= 4 is 35.8 Å². The zero-order valence-corrected chi connectivity index (χ0v) is 19.7. The number of carbonyl (C=O) groups is 6. The van der Waals surface area contributed by atoms with Crippen molar-refractivity contribution in [2.45, 2.75) is 76.1 Å². The highest BCUT2D eigenvalue weighted by molar-refractivity contribution is 5.88. The van der Waals surface area contributed by atoms with E-state index in [1.807, 2.05) is 13.8 Å². The van der Waals surface area contributed by atoms with Crippen LogP contribution in [0.4, 0.5) is 0 Å². The van der Waals surface area contributed by atoms with Crippen molar-refractivity contribution in [3.63, 3.8) is 0 Å². The number of carboxylic acids is 6. The van der Waals surface area contributed by atoms with Gasteiger partial charge in [-0.3, -0.25) is 19.2 Å². The van der Waals surface area contributed by atoms with Crippen LogP contribution in [0.1, 0.15) is 58.8 Å². The molecular formula is C20H34O16. The average Bonchev–Trinajstić information content (AvgIpc) is 2.67. The first-order valence-electron chi connectivity index (χ1n) is 10.4. The van der Waals surface area contributed by atoms with Crippen LogP contribution in [0.3, 0.4) is 0 Å². The van der Waals surface area contributed by atoms with E-state index in [0.717, 1.165) is 19.3 Å². The van der Waals surface area contributed by atoms with Gasteiger partial charge in [0, 0.05) is 12.5 Å². The molecule has 0 fully saturated rings. The van der Waals surface area contributed by atoms with E-state index >= 15 is 0 Å². The molecule has 16 heteroatoms. The third-order valence-corrected chi connectivity index (χ3v) is 4.46. The van der Waals surface area contributed by atoms with Gasteiger partial charge in [0.1, 0.15) is 0 Å². The predicted octanol–water partition coefficient (Wildman–Crippen LogP) is -1.33. The molecule has 36 heavy (non-hydrogen) atoms. The third kappa shape index (κ3) is 17.1. The zero-order valence-electron chi connectivity index (χ0n) is 19.7. The van der Waals surface area contributed by atoms with Gasteiger partial charge in [0.15, 0.2) is 11.2 Å². The highest BCUT2D eigenvalue weighted by Crippen LogP contribution is 2.16. The van der Waals surface area contributed by atoms with Crippen LogP contribution in [0.25, 0.3) is 0 Å². The van der Waals surface area contributed by atoms with Gasteiger partial charge in [0.2, 0.25) is 0 Å². The van der Waals surface area contributed by atoms with Gasteiger partial charge in [0.05, 0.1) is 31.8 Å². The fraction of sp³-hybridized carbons (Fsp3) is 0.700. The van der Waals surface area contributed by atoms with Crippen LogP contribution in [-0.2, 0) is 28.8 Å². The second kappa shape index (κ2) is 18.0. The Hall–Kier alpha value is -3.34. The molecule has 0 radical (unpaired) electrons. The smallest absolute Gasteiger partial charge is 0.336 e. The number of hydrogen-bond donors (Lipinski definition) is 10. The van der Waals surface area contributed by atoms with Gasteiger partial charge in [-0.2, -0.15) is 0 Å². The highest BCUT2D eigenvalue weighted by Gasteiger charge is 2.41. The molecule has 0 aromatic heterocycles. The van der Waals surface area contributed by atoms with Gasteiger partial charge in [0.25, 0.3) is 0 Å². The van der Waals surface area contributed by atoms with E-state index in [9.17, 15) is 33.9 Å². The number of hydrogen-bond acceptors (Lipinski definition) is 10. The minimum atomic E-state index is -2.74. The molecule has 0 heterocycles. The highest BCUT2D eigenvalue weighted by atomic mass is 16.4. The van der Waals surface area contributed by atoms with Gasteiger partial charge in [-0.25, -0.2) is 9.59 Å². The predicted molar refractivity (Wildman–Crippen MR) is 116 cm³/mol. The molecule has 0 aliphatic rings. The van der Waals surface area contributed by atoms with Gasteiger partial charge in [-0.15, -0.1) is 0 Å². The Labute approximate surface area is 205 Å². The van der Waals surface area contributed by atoms with Crippen molar-refractivity contribution in [3.05, 3.63) is 0 Å². The van der Waals surface area contributed by atoms with Crippen LogP contribution >= 0.6 is 0 Å². The minimum Gasteiger partial charge on any atom is -0.481 e. The zero-order chi connectivity index (χ0) is 29.3. The van der Waals surface area contributed by atoms with E-state index in [0.29, 0.717) is 0 Å². The Kier molecular flexibility index (Phi) is 18.6. The summed E-state index contributed by atoms with van der Waals surface area (Å²) in [6, 6.07) is 0. The Balaban J connectivity index is -0.000000459. The van der Waals surface area contributed by atoms with Crippen LogP contribution in [0.2, 0.25) is 0 Å². The summed E-state index contributed by atoms with van der Waals surface area (Å²) < 4.78 is 0. The summed E-state index contributed by atoms with van der Waals surface area (Å²) in [5.41, 5.74) is -5.48. The Morgan fingerprint density at radius 1 is 0.639 bits per heavy atom. The molecule has 0 aliphatic heterocycles. The van der Waals surface area contributed by atoms with Gasteiger partial charge in [-0.05, 0) is 12.8 Å². The van der Waals surface area contributed by atoms with E-state index in [1.165, 1.54) is 0 Å². The molecule has 0 rings (SSSR count). The van der Waals surface area contributed by atoms with E-state index < -0.39 is 72.7 Å². The molecule has 16 nitrogen and oxygen atoms in total. The molecule has 0 aliphatic carbocycles. The molecular weight excluding hydrogens is 496 g/mol. The number of carboxylic acid groups (broad SMARTS) is 6. The first-order valence-corrected chi connectivity index (χ1v) is 10.4. The van der Waals surface area contributed by atoms with Crippen LogP contribution < -0.4 is 0 Å². The normalized spacial score (nSPS) is 12.5. The fourth-order valence-corrected chi connectivity index (χ4v) is 2.48. The molecule has 0 aromatic rings. The van der Waals surface area contributed by atoms with Crippen molar-refractivity contribution in [1.29, 1.82) is 0 Å². The lowest BCUT2D eigenvalue weighted by Crippen LogP contribution is -2.42. The van der Waals surface area contributed by atoms with E-state index in [2.05, 4.69) is 0 Å². The second-order valence-electron chi connectivity index (χ2n) is 7.66. The molecule has 0 saturated carbocycles. The summed E-state index contributed by atoms with van der Waals surface area (Å²) in [7, 11) is 0. The lowest BCUT2D eigenvalue weighted by molar-refractivity contribution is -0.170. The minimum absolute atomic E-state index is 0.0833. The summed E-state index contributed by atoms with van der Waals surface area (Å²) in [4.78, 5) is 61.0. The summed E-state index contributed by atoms with van der Waals surface area (Å²) >= 11 is 0. The number of aliphatic hydroxyl groups excluding tert-OH is 2. The van der Waals surface area contributed by atoms with Crippen molar-refractivity contribution in [2.24, 2.45) is 5.92 Å². The first kappa shape index (κ1) is 37.2.